The van der Waals surface area contributed by atoms with E-state index in [-0.39, 0.29) is 6.54 Å². The third kappa shape index (κ3) is 5.04. The number of thiazole rings is 1. The van der Waals surface area contributed by atoms with Crippen molar-refractivity contribution in [1.29, 1.82) is 0 Å². The molecule has 2 aromatic carbocycles. The number of halogens is 2. The number of rotatable bonds is 8. The molecule has 0 unspecified atom stereocenters. The summed E-state index contributed by atoms with van der Waals surface area (Å²) < 4.78 is 19.6. The molecule has 9 heteroatoms. The number of amides is 1. The first-order valence-corrected chi connectivity index (χ1v) is 11.6. The maximum Gasteiger partial charge on any atom is 0.279 e. The molecule has 1 heterocycles. The van der Waals surface area contributed by atoms with Crippen molar-refractivity contribution in [2.75, 3.05) is 19.8 Å². The predicted octanol–water partition coefficient (Wildman–Crippen LogP) is 5.58. The number of aromatic nitrogens is 1. The second-order valence-electron chi connectivity index (χ2n) is 6.43. The molecule has 3 aromatic rings. The molecule has 0 aliphatic carbocycles. The molecule has 168 valence electrons. The number of hydrogen-bond acceptors (Lipinski definition) is 5. The van der Waals surface area contributed by atoms with Gasteiger partial charge >= 0.3 is 0 Å². The maximum atomic E-state index is 13.1. The summed E-state index contributed by atoms with van der Waals surface area (Å²) in [6.45, 7) is 6.99. The summed E-state index contributed by atoms with van der Waals surface area (Å²) in [5, 5.41) is 0.926. The highest BCUT2D eigenvalue weighted by atomic mass is 35.5. The average Bonchev–Trinajstić information content (AvgIpc) is 3.07. The van der Waals surface area contributed by atoms with Crippen LogP contribution >= 0.6 is 34.5 Å². The fourth-order valence-electron chi connectivity index (χ4n) is 3.12. The van der Waals surface area contributed by atoms with Gasteiger partial charge in [0.05, 0.1) is 41.6 Å². The van der Waals surface area contributed by atoms with E-state index >= 15 is 0 Å². The van der Waals surface area contributed by atoms with Gasteiger partial charge in [-0.15, -0.1) is 6.42 Å². The van der Waals surface area contributed by atoms with Crippen LogP contribution in [0, 0.1) is 12.3 Å². The lowest BCUT2D eigenvalue weighted by Crippen LogP contribution is -2.17. The van der Waals surface area contributed by atoms with Crippen molar-refractivity contribution in [2.45, 2.75) is 27.3 Å². The van der Waals surface area contributed by atoms with Gasteiger partial charge in [0.1, 0.15) is 0 Å². The number of terminal acetylenes is 1. The molecule has 0 saturated carbocycles. The van der Waals surface area contributed by atoms with Crippen LogP contribution in [-0.2, 0) is 6.54 Å². The fourth-order valence-corrected chi connectivity index (χ4v) is 4.93. The Morgan fingerprint density at radius 2 is 1.69 bits per heavy atom. The van der Waals surface area contributed by atoms with E-state index in [0.29, 0.717) is 63.0 Å². The molecule has 6 nitrogen and oxygen atoms in total. The third-order valence-electron chi connectivity index (χ3n) is 4.30. The number of carbonyl (C=O) groups is 1. The van der Waals surface area contributed by atoms with Crippen molar-refractivity contribution in [2.24, 2.45) is 4.99 Å². The summed E-state index contributed by atoms with van der Waals surface area (Å²) in [5.74, 6) is 3.40. The molecule has 0 aliphatic heterocycles. The molecule has 0 atom stereocenters. The molecule has 1 aromatic heterocycles. The molecular formula is C23H22Cl2N2O4S. The number of ether oxygens (including phenoxy) is 3. The molecule has 0 fully saturated rings. The summed E-state index contributed by atoms with van der Waals surface area (Å²) in [4.78, 5) is 17.9. The van der Waals surface area contributed by atoms with E-state index in [2.05, 4.69) is 10.9 Å². The Labute approximate surface area is 200 Å². The molecule has 32 heavy (non-hydrogen) atoms. The first-order valence-electron chi connectivity index (χ1n) is 10.0. The van der Waals surface area contributed by atoms with Gasteiger partial charge in [0.25, 0.3) is 5.91 Å². The minimum atomic E-state index is -0.477. The lowest BCUT2D eigenvalue weighted by molar-refractivity contribution is 0.0996. The summed E-state index contributed by atoms with van der Waals surface area (Å²) >= 11 is 13.8. The molecule has 0 radical (unpaired) electrons. The standard InChI is InChI=1S/C23H22Cl2N2O4S/c1-5-9-27-20-16(25)12-15(24)13-19(20)32-23(27)26-22(28)14-10-17(29-6-2)21(31-8-4)18(11-14)30-7-3/h1,10-13H,6-9H2,2-4H3. The Morgan fingerprint density at radius 3 is 2.25 bits per heavy atom. The zero-order valence-electron chi connectivity index (χ0n) is 17.9. The Hall–Kier alpha value is -2.66. The largest absolute Gasteiger partial charge is 0.490 e. The minimum absolute atomic E-state index is 0.200. The van der Waals surface area contributed by atoms with Crippen molar-refractivity contribution in [3.8, 4) is 29.6 Å². The van der Waals surface area contributed by atoms with Gasteiger partial charge in [-0.05, 0) is 45.0 Å². The Morgan fingerprint density at radius 1 is 1.06 bits per heavy atom. The van der Waals surface area contributed by atoms with Gasteiger partial charge in [0.2, 0.25) is 5.75 Å². The molecule has 1 amide bonds. The van der Waals surface area contributed by atoms with Gasteiger partial charge in [0, 0.05) is 10.6 Å². The second kappa shape index (κ2) is 10.8. The smallest absolute Gasteiger partial charge is 0.279 e. The lowest BCUT2D eigenvalue weighted by atomic mass is 10.1. The van der Waals surface area contributed by atoms with E-state index in [0.717, 1.165) is 4.70 Å². The van der Waals surface area contributed by atoms with E-state index in [1.165, 1.54) is 11.3 Å². The normalized spacial score (nSPS) is 11.4. The Balaban J connectivity index is 2.17. The molecule has 3 rings (SSSR count). The number of benzene rings is 2. The van der Waals surface area contributed by atoms with E-state index in [1.54, 1.807) is 28.8 Å². The fraction of sp³-hybridized carbons (Fsp3) is 0.304. The van der Waals surface area contributed by atoms with Gasteiger partial charge in [-0.1, -0.05) is 40.5 Å². The number of carbonyl (C=O) groups excluding carboxylic acids is 1. The third-order valence-corrected chi connectivity index (χ3v) is 5.83. The first-order chi connectivity index (χ1) is 15.4. The van der Waals surface area contributed by atoms with Gasteiger partial charge in [-0.2, -0.15) is 4.99 Å². The molecular weight excluding hydrogens is 471 g/mol. The van der Waals surface area contributed by atoms with Crippen LogP contribution in [-0.4, -0.2) is 30.3 Å². The quantitative estimate of drug-likeness (QED) is 0.385. The minimum Gasteiger partial charge on any atom is -0.490 e. The van der Waals surface area contributed by atoms with Crippen molar-refractivity contribution < 1.29 is 19.0 Å². The maximum absolute atomic E-state index is 13.1. The lowest BCUT2D eigenvalue weighted by Gasteiger charge is -2.16. The van der Waals surface area contributed by atoms with Crippen LogP contribution in [0.5, 0.6) is 17.2 Å². The van der Waals surface area contributed by atoms with Gasteiger partial charge in [0.15, 0.2) is 16.3 Å². The number of nitrogens with zero attached hydrogens (tertiary/aromatic N) is 2. The molecule has 0 aliphatic rings. The van der Waals surface area contributed by atoms with Crippen LogP contribution in [0.25, 0.3) is 10.2 Å². The van der Waals surface area contributed by atoms with E-state index in [1.807, 2.05) is 20.8 Å². The average molecular weight is 493 g/mol. The van der Waals surface area contributed by atoms with Crippen molar-refractivity contribution in [3.63, 3.8) is 0 Å². The number of hydrogen-bond donors (Lipinski definition) is 0. The zero-order valence-corrected chi connectivity index (χ0v) is 20.2. The summed E-state index contributed by atoms with van der Waals surface area (Å²) in [6.07, 6.45) is 5.54. The Bertz CT molecular complexity index is 1230. The van der Waals surface area contributed by atoms with E-state index in [9.17, 15) is 4.79 Å². The second-order valence-corrected chi connectivity index (χ2v) is 8.28. The van der Waals surface area contributed by atoms with E-state index < -0.39 is 5.91 Å². The highest BCUT2D eigenvalue weighted by molar-refractivity contribution is 7.16. The van der Waals surface area contributed by atoms with Crippen LogP contribution in [0.4, 0.5) is 0 Å². The van der Waals surface area contributed by atoms with Crippen molar-refractivity contribution >= 4 is 50.7 Å². The molecule has 0 spiro atoms. The summed E-state index contributed by atoms with van der Waals surface area (Å²) in [5.41, 5.74) is 0.983. The van der Waals surface area contributed by atoms with Crippen molar-refractivity contribution in [1.82, 2.24) is 4.57 Å². The van der Waals surface area contributed by atoms with Crippen molar-refractivity contribution in [3.05, 3.63) is 44.7 Å². The number of fused-ring (bicyclic) bond motifs is 1. The van der Waals surface area contributed by atoms with Crippen LogP contribution in [0.15, 0.2) is 29.3 Å². The van der Waals surface area contributed by atoms with Crippen LogP contribution < -0.4 is 19.0 Å². The highest BCUT2D eigenvalue weighted by Gasteiger charge is 2.19. The topological polar surface area (TPSA) is 62.1 Å². The van der Waals surface area contributed by atoms with E-state index in [4.69, 9.17) is 43.8 Å². The Kier molecular flexibility index (Phi) is 8.08. The summed E-state index contributed by atoms with van der Waals surface area (Å²) in [7, 11) is 0. The molecule has 0 saturated heterocycles. The van der Waals surface area contributed by atoms with Gasteiger partial charge in [-0.25, -0.2) is 0 Å². The monoisotopic (exact) mass is 492 g/mol. The highest BCUT2D eigenvalue weighted by Crippen LogP contribution is 2.39. The first kappa shape index (κ1) is 24.0. The van der Waals surface area contributed by atoms with Gasteiger partial charge in [-0.3, -0.25) is 4.79 Å². The van der Waals surface area contributed by atoms with Crippen LogP contribution in [0.1, 0.15) is 31.1 Å². The zero-order chi connectivity index (χ0) is 23.3. The molecule has 0 N–H and O–H groups in total. The van der Waals surface area contributed by atoms with Crippen LogP contribution in [0.2, 0.25) is 10.0 Å². The SMILES string of the molecule is C#CCn1c(=NC(=O)c2cc(OCC)c(OCC)c(OCC)c2)sc2cc(Cl)cc(Cl)c21. The predicted molar refractivity (Wildman–Crippen MR) is 129 cm³/mol. The van der Waals surface area contributed by atoms with Gasteiger partial charge < -0.3 is 18.8 Å². The summed E-state index contributed by atoms with van der Waals surface area (Å²) in [6, 6.07) is 6.60. The molecule has 0 bridgehead atoms. The van der Waals surface area contributed by atoms with Crippen LogP contribution in [0.3, 0.4) is 0 Å².